The van der Waals surface area contributed by atoms with Crippen molar-refractivity contribution in [3.8, 4) is 0 Å². The van der Waals surface area contributed by atoms with E-state index in [-0.39, 0.29) is 5.78 Å². The summed E-state index contributed by atoms with van der Waals surface area (Å²) in [5.41, 5.74) is 2.01. The molecule has 0 unspecified atom stereocenters. The van der Waals surface area contributed by atoms with E-state index in [2.05, 4.69) is 6.07 Å². The van der Waals surface area contributed by atoms with Crippen LogP contribution in [0.5, 0.6) is 0 Å². The van der Waals surface area contributed by atoms with Crippen LogP contribution in [0, 0.1) is 0 Å². The highest BCUT2D eigenvalue weighted by Gasteiger charge is 2.18. The van der Waals surface area contributed by atoms with E-state index in [4.69, 9.17) is 11.6 Å². The van der Waals surface area contributed by atoms with Gasteiger partial charge in [0, 0.05) is 21.2 Å². The van der Waals surface area contributed by atoms with Gasteiger partial charge < -0.3 is 0 Å². The van der Waals surface area contributed by atoms with Gasteiger partial charge in [-0.2, -0.15) is 11.8 Å². The molecular weight excluding hydrogens is 284 g/mol. The minimum Gasteiger partial charge on any atom is -0.288 e. The standard InChI is InChI=1S/C14H11ClOS2/c15-11-3-1-2-9(6-11)14(16)13-7-10-8-17-5-4-12(10)18-13/h1-3,6-7H,4-5,8H2. The summed E-state index contributed by atoms with van der Waals surface area (Å²) in [4.78, 5) is 14.6. The molecule has 2 heterocycles. The number of benzene rings is 1. The first-order valence-electron chi connectivity index (χ1n) is 5.73. The van der Waals surface area contributed by atoms with Gasteiger partial charge >= 0.3 is 0 Å². The SMILES string of the molecule is O=C(c1cccc(Cl)c1)c1cc2c(s1)CCSC2. The number of thioether (sulfide) groups is 1. The van der Waals surface area contributed by atoms with Crippen LogP contribution in [-0.2, 0) is 12.2 Å². The van der Waals surface area contributed by atoms with E-state index >= 15 is 0 Å². The van der Waals surface area contributed by atoms with Gasteiger partial charge in [0.2, 0.25) is 5.78 Å². The van der Waals surface area contributed by atoms with E-state index in [1.807, 2.05) is 23.9 Å². The highest BCUT2D eigenvalue weighted by Crippen LogP contribution is 2.32. The van der Waals surface area contributed by atoms with Crippen LogP contribution in [0.1, 0.15) is 25.7 Å². The topological polar surface area (TPSA) is 17.1 Å². The van der Waals surface area contributed by atoms with Gasteiger partial charge in [0.05, 0.1) is 4.88 Å². The van der Waals surface area contributed by atoms with Crippen molar-refractivity contribution in [3.05, 3.63) is 56.2 Å². The molecule has 0 aliphatic carbocycles. The van der Waals surface area contributed by atoms with Crippen LogP contribution in [0.25, 0.3) is 0 Å². The number of ketones is 1. The Labute approximate surface area is 119 Å². The van der Waals surface area contributed by atoms with Crippen LogP contribution >= 0.6 is 34.7 Å². The fourth-order valence-corrected chi connectivity index (χ4v) is 4.56. The number of carbonyl (C=O) groups is 1. The maximum absolute atomic E-state index is 12.4. The number of hydrogen-bond donors (Lipinski definition) is 0. The first-order valence-corrected chi connectivity index (χ1v) is 8.08. The Kier molecular flexibility index (Phi) is 3.46. The fraction of sp³-hybridized carbons (Fsp3) is 0.214. The minimum absolute atomic E-state index is 0.0851. The molecule has 4 heteroatoms. The van der Waals surface area contributed by atoms with E-state index in [1.165, 1.54) is 10.4 Å². The zero-order chi connectivity index (χ0) is 12.5. The number of thiophene rings is 1. The Balaban J connectivity index is 1.95. The molecule has 0 spiro atoms. The van der Waals surface area contributed by atoms with Crippen molar-refractivity contribution >= 4 is 40.5 Å². The number of fused-ring (bicyclic) bond motifs is 1. The molecule has 92 valence electrons. The van der Waals surface area contributed by atoms with Gasteiger partial charge in [-0.1, -0.05) is 23.7 Å². The molecule has 1 aliphatic rings. The van der Waals surface area contributed by atoms with Crippen molar-refractivity contribution in [3.63, 3.8) is 0 Å². The molecule has 18 heavy (non-hydrogen) atoms. The summed E-state index contributed by atoms with van der Waals surface area (Å²) >= 11 is 9.50. The van der Waals surface area contributed by atoms with Crippen LogP contribution in [-0.4, -0.2) is 11.5 Å². The third-order valence-electron chi connectivity index (χ3n) is 2.94. The molecule has 1 aromatic heterocycles. The van der Waals surface area contributed by atoms with Gasteiger partial charge in [-0.15, -0.1) is 11.3 Å². The Morgan fingerprint density at radius 2 is 2.17 bits per heavy atom. The van der Waals surface area contributed by atoms with Gasteiger partial charge in [-0.05, 0) is 35.9 Å². The second-order valence-corrected chi connectivity index (χ2v) is 6.88. The lowest BCUT2D eigenvalue weighted by molar-refractivity contribution is 0.104. The van der Waals surface area contributed by atoms with Gasteiger partial charge in [0.1, 0.15) is 0 Å². The van der Waals surface area contributed by atoms with Crippen LogP contribution in [0.15, 0.2) is 30.3 Å². The second-order valence-electron chi connectivity index (χ2n) is 4.20. The summed E-state index contributed by atoms with van der Waals surface area (Å²) in [6.07, 6.45) is 1.09. The lowest BCUT2D eigenvalue weighted by Crippen LogP contribution is -1.98. The van der Waals surface area contributed by atoms with Gasteiger partial charge in [0.25, 0.3) is 0 Å². The average Bonchev–Trinajstić information content (AvgIpc) is 2.81. The Morgan fingerprint density at radius 3 is 2.94 bits per heavy atom. The van der Waals surface area contributed by atoms with Crippen molar-refractivity contribution in [2.24, 2.45) is 0 Å². The summed E-state index contributed by atoms with van der Waals surface area (Å²) in [6, 6.07) is 9.21. The quantitative estimate of drug-likeness (QED) is 0.763. The van der Waals surface area contributed by atoms with Crippen molar-refractivity contribution < 1.29 is 4.79 Å². The number of hydrogen-bond acceptors (Lipinski definition) is 3. The van der Waals surface area contributed by atoms with E-state index in [1.54, 1.807) is 23.5 Å². The van der Waals surface area contributed by atoms with Crippen molar-refractivity contribution in [1.29, 1.82) is 0 Å². The zero-order valence-electron chi connectivity index (χ0n) is 9.61. The van der Waals surface area contributed by atoms with Gasteiger partial charge in [-0.3, -0.25) is 4.79 Å². The highest BCUT2D eigenvalue weighted by atomic mass is 35.5. The van der Waals surface area contributed by atoms with Crippen molar-refractivity contribution in [2.75, 3.05) is 5.75 Å². The van der Waals surface area contributed by atoms with Crippen molar-refractivity contribution in [1.82, 2.24) is 0 Å². The zero-order valence-corrected chi connectivity index (χ0v) is 12.0. The lowest BCUT2D eigenvalue weighted by Gasteiger charge is -2.08. The Hall–Kier alpha value is -0.770. The summed E-state index contributed by atoms with van der Waals surface area (Å²) in [5, 5.41) is 0.609. The molecule has 1 aromatic carbocycles. The molecule has 0 amide bonds. The Bertz CT molecular complexity index is 580. The lowest BCUT2D eigenvalue weighted by atomic mass is 10.1. The average molecular weight is 295 g/mol. The number of rotatable bonds is 2. The predicted octanol–water partition coefficient (Wildman–Crippen LogP) is 4.42. The summed E-state index contributed by atoms with van der Waals surface area (Å²) < 4.78 is 0. The van der Waals surface area contributed by atoms with Crippen LogP contribution < -0.4 is 0 Å². The predicted molar refractivity (Wildman–Crippen MR) is 79.1 cm³/mol. The normalized spacial score (nSPS) is 14.3. The summed E-state index contributed by atoms with van der Waals surface area (Å²) in [6.45, 7) is 0. The van der Waals surface area contributed by atoms with E-state index in [9.17, 15) is 4.79 Å². The number of carbonyl (C=O) groups excluding carboxylic acids is 1. The fourth-order valence-electron chi connectivity index (χ4n) is 2.03. The second kappa shape index (κ2) is 5.08. The van der Waals surface area contributed by atoms with E-state index < -0.39 is 0 Å². The Morgan fingerprint density at radius 1 is 1.28 bits per heavy atom. The van der Waals surface area contributed by atoms with Gasteiger partial charge in [-0.25, -0.2) is 0 Å². The molecular formula is C14H11ClOS2. The molecule has 2 aromatic rings. The summed E-state index contributed by atoms with van der Waals surface area (Å²) in [7, 11) is 0. The molecule has 3 rings (SSSR count). The van der Waals surface area contributed by atoms with Crippen LogP contribution in [0.2, 0.25) is 5.02 Å². The van der Waals surface area contributed by atoms with E-state index in [0.717, 1.165) is 22.8 Å². The maximum Gasteiger partial charge on any atom is 0.203 e. The van der Waals surface area contributed by atoms with Crippen LogP contribution in [0.4, 0.5) is 0 Å². The molecule has 0 saturated carbocycles. The summed E-state index contributed by atoms with van der Waals surface area (Å²) in [5.74, 6) is 2.29. The van der Waals surface area contributed by atoms with E-state index in [0.29, 0.717) is 10.6 Å². The van der Waals surface area contributed by atoms with Crippen LogP contribution in [0.3, 0.4) is 0 Å². The molecule has 0 atom stereocenters. The minimum atomic E-state index is 0.0851. The molecule has 1 nitrogen and oxygen atoms in total. The first-order chi connectivity index (χ1) is 8.74. The molecule has 0 fully saturated rings. The molecule has 1 aliphatic heterocycles. The largest absolute Gasteiger partial charge is 0.288 e. The smallest absolute Gasteiger partial charge is 0.203 e. The molecule has 0 N–H and O–H groups in total. The van der Waals surface area contributed by atoms with Crippen molar-refractivity contribution in [2.45, 2.75) is 12.2 Å². The molecule has 0 radical (unpaired) electrons. The molecule has 0 saturated heterocycles. The highest BCUT2D eigenvalue weighted by molar-refractivity contribution is 7.98. The molecule has 0 bridgehead atoms. The third kappa shape index (κ3) is 2.35. The number of aryl methyl sites for hydroxylation is 1. The van der Waals surface area contributed by atoms with Gasteiger partial charge in [0.15, 0.2) is 0 Å². The first kappa shape index (κ1) is 12.3. The monoisotopic (exact) mass is 294 g/mol. The number of halogens is 1. The maximum atomic E-state index is 12.4. The third-order valence-corrected chi connectivity index (χ3v) is 5.42.